The van der Waals surface area contributed by atoms with Gasteiger partial charge in [0.25, 0.3) is 0 Å². The van der Waals surface area contributed by atoms with Crippen LogP contribution >= 0.6 is 0 Å². The number of carbonyl (C=O) groups is 1. The molecule has 0 aromatic carbocycles. The van der Waals surface area contributed by atoms with E-state index in [1.54, 1.807) is 20.9 Å². The largest absolute Gasteiger partial charge is 0.394 e. The Labute approximate surface area is 90.5 Å². The molecule has 1 N–H and O–H groups in total. The number of likely N-dealkylation sites (N-methyl/N-ethyl adjacent to an activating group) is 1. The van der Waals surface area contributed by atoms with Gasteiger partial charge in [0.15, 0.2) is 0 Å². The molecule has 0 aromatic rings. The third-order valence-electron chi connectivity index (χ3n) is 3.43. The molecule has 1 amide bonds. The molecule has 0 heterocycles. The zero-order valence-corrected chi connectivity index (χ0v) is 9.58. The van der Waals surface area contributed by atoms with Crippen LogP contribution in [0.5, 0.6) is 0 Å². The van der Waals surface area contributed by atoms with Crippen LogP contribution in [0.25, 0.3) is 0 Å². The highest BCUT2D eigenvalue weighted by Gasteiger charge is 2.48. The van der Waals surface area contributed by atoms with Crippen LogP contribution in [-0.2, 0) is 4.79 Å². The van der Waals surface area contributed by atoms with Crippen molar-refractivity contribution < 1.29 is 9.90 Å². The first-order chi connectivity index (χ1) is 6.89. The van der Waals surface area contributed by atoms with Crippen molar-refractivity contribution in [3.8, 4) is 6.07 Å². The zero-order chi connectivity index (χ0) is 11.7. The molecule has 0 saturated heterocycles. The second-order valence-electron chi connectivity index (χ2n) is 4.88. The Hall–Kier alpha value is -1.08. The Morgan fingerprint density at radius 2 is 2.13 bits per heavy atom. The number of rotatable bonds is 3. The third-order valence-corrected chi connectivity index (χ3v) is 3.43. The molecule has 0 aromatic heterocycles. The van der Waals surface area contributed by atoms with Gasteiger partial charge in [-0.25, -0.2) is 0 Å². The van der Waals surface area contributed by atoms with Gasteiger partial charge in [-0.2, -0.15) is 5.26 Å². The average Bonchev–Trinajstić information content (AvgIpc) is 2.15. The summed E-state index contributed by atoms with van der Waals surface area (Å²) < 4.78 is 0. The van der Waals surface area contributed by atoms with E-state index in [1.807, 2.05) is 0 Å². The van der Waals surface area contributed by atoms with Gasteiger partial charge in [0, 0.05) is 7.05 Å². The SMILES string of the molecule is CN(C(=O)C1(C#N)CCC1)C(C)(C)CO. The number of aliphatic hydroxyl groups excluding tert-OH is 1. The predicted molar refractivity (Wildman–Crippen MR) is 55.8 cm³/mol. The van der Waals surface area contributed by atoms with Crippen molar-refractivity contribution in [2.24, 2.45) is 5.41 Å². The number of aliphatic hydroxyl groups is 1. The molecule has 1 aliphatic rings. The lowest BCUT2D eigenvalue weighted by atomic mass is 9.68. The highest BCUT2D eigenvalue weighted by molar-refractivity contribution is 5.86. The van der Waals surface area contributed by atoms with E-state index in [0.29, 0.717) is 12.8 Å². The first-order valence-corrected chi connectivity index (χ1v) is 5.20. The van der Waals surface area contributed by atoms with E-state index in [0.717, 1.165) is 6.42 Å². The number of nitrogens with zero attached hydrogens (tertiary/aromatic N) is 2. The fourth-order valence-electron chi connectivity index (χ4n) is 1.61. The molecule has 1 fully saturated rings. The first-order valence-electron chi connectivity index (χ1n) is 5.20. The van der Waals surface area contributed by atoms with Gasteiger partial charge in [-0.05, 0) is 33.1 Å². The molecule has 0 spiro atoms. The van der Waals surface area contributed by atoms with Crippen molar-refractivity contribution in [2.75, 3.05) is 13.7 Å². The van der Waals surface area contributed by atoms with Gasteiger partial charge in [-0.15, -0.1) is 0 Å². The predicted octanol–water partition coefficient (Wildman–Crippen LogP) is 0.910. The summed E-state index contributed by atoms with van der Waals surface area (Å²) in [7, 11) is 1.65. The topological polar surface area (TPSA) is 64.3 Å². The monoisotopic (exact) mass is 210 g/mol. The average molecular weight is 210 g/mol. The Morgan fingerprint density at radius 1 is 1.60 bits per heavy atom. The van der Waals surface area contributed by atoms with Gasteiger partial charge in [-0.1, -0.05) is 0 Å². The number of nitriles is 1. The van der Waals surface area contributed by atoms with Crippen LogP contribution in [0.4, 0.5) is 0 Å². The van der Waals surface area contributed by atoms with Crippen LogP contribution in [0.1, 0.15) is 33.1 Å². The third kappa shape index (κ3) is 1.84. The van der Waals surface area contributed by atoms with Gasteiger partial charge in [-0.3, -0.25) is 4.79 Å². The van der Waals surface area contributed by atoms with Crippen molar-refractivity contribution >= 4 is 5.91 Å². The van der Waals surface area contributed by atoms with Crippen LogP contribution in [-0.4, -0.2) is 35.1 Å². The minimum atomic E-state index is -0.818. The molecule has 1 rings (SSSR count). The van der Waals surface area contributed by atoms with Gasteiger partial charge in [0.05, 0.1) is 18.2 Å². The van der Waals surface area contributed by atoms with E-state index in [4.69, 9.17) is 10.4 Å². The van der Waals surface area contributed by atoms with Gasteiger partial charge < -0.3 is 10.0 Å². The summed E-state index contributed by atoms with van der Waals surface area (Å²) in [5.41, 5.74) is -1.42. The van der Waals surface area contributed by atoms with Crippen LogP contribution in [0.2, 0.25) is 0 Å². The highest BCUT2D eigenvalue weighted by Crippen LogP contribution is 2.42. The first kappa shape index (κ1) is 12.0. The molecule has 0 aliphatic heterocycles. The van der Waals surface area contributed by atoms with Crippen molar-refractivity contribution in [3.63, 3.8) is 0 Å². The zero-order valence-electron chi connectivity index (χ0n) is 9.58. The quantitative estimate of drug-likeness (QED) is 0.753. The summed E-state index contributed by atoms with van der Waals surface area (Å²) in [5, 5.41) is 18.2. The fraction of sp³-hybridized carbons (Fsp3) is 0.818. The lowest BCUT2D eigenvalue weighted by Gasteiger charge is -2.42. The Balaban J connectivity index is 2.82. The molecule has 0 unspecified atom stereocenters. The summed E-state index contributed by atoms with van der Waals surface area (Å²) in [6, 6.07) is 2.12. The number of hydrogen-bond acceptors (Lipinski definition) is 3. The van der Waals surface area contributed by atoms with Crippen molar-refractivity contribution in [1.29, 1.82) is 5.26 Å². The maximum Gasteiger partial charge on any atom is 0.243 e. The summed E-state index contributed by atoms with van der Waals surface area (Å²) >= 11 is 0. The molecule has 4 heteroatoms. The molecule has 84 valence electrons. The summed E-state index contributed by atoms with van der Waals surface area (Å²) in [4.78, 5) is 13.6. The summed E-state index contributed by atoms with van der Waals surface area (Å²) in [6.45, 7) is 3.47. The molecule has 15 heavy (non-hydrogen) atoms. The molecule has 0 bridgehead atoms. The molecule has 0 radical (unpaired) electrons. The van der Waals surface area contributed by atoms with Crippen molar-refractivity contribution in [3.05, 3.63) is 0 Å². The lowest BCUT2D eigenvalue weighted by molar-refractivity contribution is -0.148. The van der Waals surface area contributed by atoms with Gasteiger partial charge >= 0.3 is 0 Å². The Kier molecular flexibility index (Phi) is 3.05. The van der Waals surface area contributed by atoms with E-state index < -0.39 is 11.0 Å². The standard InChI is InChI=1S/C11H18N2O2/c1-10(2,8-14)13(3)9(15)11(7-12)5-4-6-11/h14H,4-6,8H2,1-3H3. The molecular weight excluding hydrogens is 192 g/mol. The Morgan fingerprint density at radius 3 is 2.40 bits per heavy atom. The minimum Gasteiger partial charge on any atom is -0.394 e. The normalized spacial score (nSPS) is 18.9. The summed E-state index contributed by atoms with van der Waals surface area (Å²) in [6.07, 6.45) is 2.23. The van der Waals surface area contributed by atoms with Crippen molar-refractivity contribution in [1.82, 2.24) is 4.90 Å². The molecule has 0 atom stereocenters. The summed E-state index contributed by atoms with van der Waals surface area (Å²) in [5.74, 6) is -0.157. The Bertz CT molecular complexity index is 300. The molecule has 4 nitrogen and oxygen atoms in total. The second kappa shape index (κ2) is 3.82. The van der Waals surface area contributed by atoms with E-state index in [1.165, 1.54) is 4.90 Å². The number of carbonyl (C=O) groups excluding carboxylic acids is 1. The van der Waals surface area contributed by atoms with E-state index in [-0.39, 0.29) is 12.5 Å². The molecular formula is C11H18N2O2. The second-order valence-corrected chi connectivity index (χ2v) is 4.88. The van der Waals surface area contributed by atoms with Gasteiger partial charge in [0.1, 0.15) is 5.41 Å². The van der Waals surface area contributed by atoms with E-state index in [9.17, 15) is 4.79 Å². The van der Waals surface area contributed by atoms with Crippen LogP contribution in [0.3, 0.4) is 0 Å². The van der Waals surface area contributed by atoms with Crippen LogP contribution in [0, 0.1) is 16.7 Å². The highest BCUT2D eigenvalue weighted by atomic mass is 16.3. The lowest BCUT2D eigenvalue weighted by Crippen LogP contribution is -2.54. The fourth-order valence-corrected chi connectivity index (χ4v) is 1.61. The smallest absolute Gasteiger partial charge is 0.243 e. The molecule has 1 saturated carbocycles. The molecule has 1 aliphatic carbocycles. The van der Waals surface area contributed by atoms with E-state index >= 15 is 0 Å². The van der Waals surface area contributed by atoms with Crippen molar-refractivity contribution in [2.45, 2.75) is 38.6 Å². The van der Waals surface area contributed by atoms with Crippen LogP contribution < -0.4 is 0 Å². The van der Waals surface area contributed by atoms with Gasteiger partial charge in [0.2, 0.25) is 5.91 Å². The number of hydrogen-bond donors (Lipinski definition) is 1. The maximum absolute atomic E-state index is 12.1. The number of amides is 1. The maximum atomic E-state index is 12.1. The van der Waals surface area contributed by atoms with E-state index in [2.05, 4.69) is 6.07 Å². The minimum absolute atomic E-state index is 0.100. The van der Waals surface area contributed by atoms with Crippen LogP contribution in [0.15, 0.2) is 0 Å².